The van der Waals surface area contributed by atoms with Crippen LogP contribution in [-0.2, 0) is 14.3 Å². The van der Waals surface area contributed by atoms with Crippen LogP contribution in [0.3, 0.4) is 0 Å². The molecule has 10 nitrogen and oxygen atoms in total. The number of carbonyl (C=O) groups is 2. The first-order valence-electron chi connectivity index (χ1n) is 20.5. The Hall–Kier alpha value is -1.30. The van der Waals surface area contributed by atoms with Crippen molar-refractivity contribution in [1.82, 2.24) is 21.3 Å². The van der Waals surface area contributed by atoms with E-state index >= 15 is 0 Å². The van der Waals surface area contributed by atoms with Gasteiger partial charge in [0.25, 0.3) is 0 Å². The lowest BCUT2D eigenvalue weighted by molar-refractivity contribution is -0.202. The van der Waals surface area contributed by atoms with Gasteiger partial charge in [0.05, 0.1) is 19.3 Å². The van der Waals surface area contributed by atoms with E-state index in [1.165, 1.54) is 26.4 Å². The van der Waals surface area contributed by atoms with E-state index < -0.39 is 18.1 Å². The Kier molecular flexibility index (Phi) is 15.9. The summed E-state index contributed by atoms with van der Waals surface area (Å²) in [5.41, 5.74) is 5.43. The average molecular weight is 706 g/mol. The number of fused-ring (bicyclic) bond motifs is 5. The largest absolute Gasteiger partial charge is 0.467 e. The van der Waals surface area contributed by atoms with Gasteiger partial charge < -0.3 is 42.0 Å². The molecule has 4 aliphatic rings. The molecule has 1 amide bonds. The first kappa shape index (κ1) is 41.5. The summed E-state index contributed by atoms with van der Waals surface area (Å²) in [5, 5.41) is 37.7. The van der Waals surface area contributed by atoms with E-state index in [1.54, 1.807) is 0 Å². The van der Waals surface area contributed by atoms with Crippen molar-refractivity contribution in [2.75, 3.05) is 46.4 Å². The topological polar surface area (TPSA) is 158 Å². The molecule has 8 N–H and O–H groups in total. The molecule has 50 heavy (non-hydrogen) atoms. The van der Waals surface area contributed by atoms with Crippen molar-refractivity contribution >= 4 is 11.9 Å². The minimum atomic E-state index is -0.639. The van der Waals surface area contributed by atoms with E-state index in [0.717, 1.165) is 90.6 Å². The zero-order valence-electron chi connectivity index (χ0n) is 32.5. The monoisotopic (exact) mass is 706 g/mol. The third-order valence-electron chi connectivity index (χ3n) is 14.3. The number of rotatable bonds is 20. The fraction of sp³-hybridized carbons (Fsp3) is 0.950. The maximum atomic E-state index is 12.9. The third-order valence-corrected chi connectivity index (χ3v) is 14.3. The minimum absolute atomic E-state index is 0.0499. The zero-order valence-corrected chi connectivity index (χ0v) is 32.5. The highest BCUT2D eigenvalue weighted by molar-refractivity contribution is 5.84. The van der Waals surface area contributed by atoms with Gasteiger partial charge in [0, 0.05) is 12.5 Å². The standard InChI is InChI=1S/C40H75N5O5/c1-26(2)37(38(49)50-6)45-35(48)14-11-27(3)30-12-13-31-36-32(25-34(47)40(30,31)5)39(4)16-15-29(23-28(39)24-33(36)46)44-22-10-21-43-19-8-7-18-42-20-9-17-41/h26-34,36-37,42-44,46-47H,7-25,41H2,1-6H3,(H,45,48)/t27-,28+,29+,30-,31+,32+,33-,34+,36+,37+,39+,40-/m1/s1. The summed E-state index contributed by atoms with van der Waals surface area (Å²) in [7, 11) is 1.35. The van der Waals surface area contributed by atoms with Gasteiger partial charge in [-0.3, -0.25) is 4.79 Å². The lowest BCUT2D eigenvalue weighted by atomic mass is 9.43. The molecule has 0 spiro atoms. The van der Waals surface area contributed by atoms with Gasteiger partial charge >= 0.3 is 5.97 Å². The number of aliphatic hydroxyl groups is 2. The van der Waals surface area contributed by atoms with Gasteiger partial charge in [0.15, 0.2) is 0 Å². The van der Waals surface area contributed by atoms with Crippen molar-refractivity contribution < 1.29 is 24.5 Å². The van der Waals surface area contributed by atoms with Crippen LogP contribution in [0.4, 0.5) is 0 Å². The van der Waals surface area contributed by atoms with Crippen LogP contribution in [0.25, 0.3) is 0 Å². The number of carbonyl (C=O) groups excluding carboxylic acids is 2. The molecule has 0 aliphatic heterocycles. The molecule has 0 radical (unpaired) electrons. The Morgan fingerprint density at radius 3 is 2.22 bits per heavy atom. The zero-order chi connectivity index (χ0) is 36.5. The summed E-state index contributed by atoms with van der Waals surface area (Å²) in [5.74, 6) is 1.32. The molecule has 10 heteroatoms. The van der Waals surface area contributed by atoms with Crippen molar-refractivity contribution in [3.05, 3.63) is 0 Å². The second kappa shape index (κ2) is 19.2. The average Bonchev–Trinajstić information content (AvgIpc) is 3.45. The number of methoxy groups -OCH3 is 1. The van der Waals surface area contributed by atoms with E-state index in [4.69, 9.17) is 10.5 Å². The van der Waals surface area contributed by atoms with Gasteiger partial charge in [0.1, 0.15) is 6.04 Å². The first-order valence-corrected chi connectivity index (χ1v) is 20.5. The molecule has 0 heterocycles. The predicted molar refractivity (Wildman–Crippen MR) is 200 cm³/mol. The molecule has 0 aromatic heterocycles. The Morgan fingerprint density at radius 2 is 1.56 bits per heavy atom. The Balaban J connectivity index is 1.25. The third kappa shape index (κ3) is 9.62. The van der Waals surface area contributed by atoms with Crippen LogP contribution < -0.4 is 27.0 Å². The summed E-state index contributed by atoms with van der Waals surface area (Å²) in [4.78, 5) is 25.1. The van der Waals surface area contributed by atoms with Crippen LogP contribution in [-0.4, -0.2) is 92.8 Å². The summed E-state index contributed by atoms with van der Waals surface area (Å²) in [6, 6.07) is -0.132. The van der Waals surface area contributed by atoms with Crippen molar-refractivity contribution in [3.8, 4) is 0 Å². The van der Waals surface area contributed by atoms with Crippen LogP contribution in [0.1, 0.15) is 118 Å². The second-order valence-corrected chi connectivity index (χ2v) is 17.6. The van der Waals surface area contributed by atoms with Gasteiger partial charge in [-0.25, -0.2) is 4.79 Å². The fourth-order valence-electron chi connectivity index (χ4n) is 11.3. The highest BCUT2D eigenvalue weighted by Gasteiger charge is 2.65. The molecule has 0 unspecified atom stereocenters. The summed E-state index contributed by atoms with van der Waals surface area (Å²) >= 11 is 0. The predicted octanol–water partition coefficient (Wildman–Crippen LogP) is 3.97. The van der Waals surface area contributed by atoms with Gasteiger partial charge in [-0.15, -0.1) is 0 Å². The van der Waals surface area contributed by atoms with Crippen molar-refractivity contribution in [3.63, 3.8) is 0 Å². The molecular weight excluding hydrogens is 630 g/mol. The molecule has 0 bridgehead atoms. The molecule has 4 saturated carbocycles. The van der Waals surface area contributed by atoms with E-state index in [9.17, 15) is 19.8 Å². The van der Waals surface area contributed by atoms with Crippen LogP contribution in [0.15, 0.2) is 0 Å². The molecule has 12 atom stereocenters. The quantitative estimate of drug-likeness (QED) is 0.0736. The van der Waals surface area contributed by atoms with E-state index in [-0.39, 0.29) is 40.6 Å². The summed E-state index contributed by atoms with van der Waals surface area (Å²) in [6.07, 6.45) is 12.1. The lowest BCUT2D eigenvalue weighted by Crippen LogP contribution is -2.62. The van der Waals surface area contributed by atoms with Gasteiger partial charge in [0.2, 0.25) is 5.91 Å². The van der Waals surface area contributed by atoms with Crippen LogP contribution in [0.2, 0.25) is 0 Å². The maximum absolute atomic E-state index is 12.9. The van der Waals surface area contributed by atoms with Crippen LogP contribution >= 0.6 is 0 Å². The number of aliphatic hydroxyl groups excluding tert-OH is 2. The normalized spacial score (nSPS) is 36.3. The van der Waals surface area contributed by atoms with E-state index in [1.807, 2.05) is 13.8 Å². The SMILES string of the molecule is COC(=O)[C@@H](NC(=O)CC[C@@H](C)[C@H]1CC[C@H]2[C@@H]3[C@H](O)C[C@@H]4C[C@@H](NCCCNCCCCNCCCN)CC[C@]4(C)[C@H]3C[C@H](O)[C@]12C)C(C)C. The number of hydrogen-bond donors (Lipinski definition) is 7. The van der Waals surface area contributed by atoms with Gasteiger partial charge in [-0.2, -0.15) is 0 Å². The minimum Gasteiger partial charge on any atom is -0.467 e. The van der Waals surface area contributed by atoms with Crippen molar-refractivity contribution in [2.24, 2.45) is 58.0 Å². The lowest BCUT2D eigenvalue weighted by Gasteiger charge is -2.63. The molecule has 0 aromatic rings. The van der Waals surface area contributed by atoms with Crippen molar-refractivity contribution in [1.29, 1.82) is 0 Å². The first-order chi connectivity index (χ1) is 23.9. The van der Waals surface area contributed by atoms with Crippen molar-refractivity contribution in [2.45, 2.75) is 142 Å². The smallest absolute Gasteiger partial charge is 0.328 e. The fourth-order valence-corrected chi connectivity index (χ4v) is 11.3. The molecule has 4 fully saturated rings. The summed E-state index contributed by atoms with van der Waals surface area (Å²) < 4.78 is 4.90. The summed E-state index contributed by atoms with van der Waals surface area (Å²) in [6.45, 7) is 16.8. The van der Waals surface area contributed by atoms with E-state index in [2.05, 4.69) is 42.0 Å². The maximum Gasteiger partial charge on any atom is 0.328 e. The molecule has 290 valence electrons. The molecular formula is C40H75N5O5. The molecule has 0 saturated heterocycles. The number of hydrogen-bond acceptors (Lipinski definition) is 9. The van der Waals surface area contributed by atoms with Crippen LogP contribution in [0, 0.1) is 52.3 Å². The van der Waals surface area contributed by atoms with Gasteiger partial charge in [-0.05, 0) is 169 Å². The Labute approximate surface area is 304 Å². The number of ether oxygens (including phenoxy) is 1. The second-order valence-electron chi connectivity index (χ2n) is 17.6. The highest BCUT2D eigenvalue weighted by atomic mass is 16.5. The molecule has 4 aliphatic carbocycles. The Morgan fingerprint density at radius 1 is 0.880 bits per heavy atom. The van der Waals surface area contributed by atoms with E-state index in [0.29, 0.717) is 42.6 Å². The number of amides is 1. The van der Waals surface area contributed by atoms with Gasteiger partial charge in [-0.1, -0.05) is 34.6 Å². The highest BCUT2D eigenvalue weighted by Crippen LogP contribution is 2.68. The number of esters is 1. The van der Waals surface area contributed by atoms with Crippen LogP contribution in [0.5, 0.6) is 0 Å². The molecule has 0 aromatic carbocycles. The number of unbranched alkanes of at least 4 members (excludes halogenated alkanes) is 1. The Bertz CT molecular complexity index is 1060. The number of nitrogens with two attached hydrogens (primary N) is 1. The number of nitrogens with one attached hydrogen (secondary N) is 4. The molecule has 4 rings (SSSR count).